The van der Waals surface area contributed by atoms with E-state index < -0.39 is 11.2 Å². The van der Waals surface area contributed by atoms with Crippen molar-refractivity contribution in [2.75, 3.05) is 0 Å². The summed E-state index contributed by atoms with van der Waals surface area (Å²) in [5.41, 5.74) is 0.701. The van der Waals surface area contributed by atoms with Crippen LogP contribution < -0.4 is 11.2 Å². The average molecular weight is 234 g/mol. The van der Waals surface area contributed by atoms with Crippen molar-refractivity contribution < 1.29 is 4.39 Å². The van der Waals surface area contributed by atoms with Crippen LogP contribution in [0.2, 0.25) is 0 Å². The molecule has 0 spiro atoms. The number of hydrogen-bond acceptors (Lipinski definition) is 2. The maximum atomic E-state index is 12.9. The lowest BCUT2D eigenvalue weighted by atomic mass is 10.1. The number of rotatable bonds is 2. The largest absolute Gasteiger partial charge is 0.328 e. The van der Waals surface area contributed by atoms with Crippen LogP contribution in [0, 0.1) is 12.7 Å². The van der Waals surface area contributed by atoms with Crippen molar-refractivity contribution in [2.24, 2.45) is 0 Å². The SMILES string of the molecule is Cc1cc(F)ccc1Cn1ccc(=O)[nH]c1=O. The zero-order chi connectivity index (χ0) is 12.4. The van der Waals surface area contributed by atoms with Crippen molar-refractivity contribution in [2.45, 2.75) is 13.5 Å². The van der Waals surface area contributed by atoms with Gasteiger partial charge in [0.25, 0.3) is 5.56 Å². The molecule has 5 heteroatoms. The van der Waals surface area contributed by atoms with Crippen molar-refractivity contribution in [1.82, 2.24) is 9.55 Å². The summed E-state index contributed by atoms with van der Waals surface area (Å²) in [5.74, 6) is -0.305. The normalized spacial score (nSPS) is 10.5. The van der Waals surface area contributed by atoms with Gasteiger partial charge in [0, 0.05) is 12.3 Å². The molecule has 4 nitrogen and oxygen atoms in total. The Labute approximate surface area is 96.4 Å². The summed E-state index contributed by atoms with van der Waals surface area (Å²) in [6, 6.07) is 5.66. The molecule has 0 atom stereocenters. The van der Waals surface area contributed by atoms with Gasteiger partial charge in [-0.3, -0.25) is 14.3 Å². The smallest absolute Gasteiger partial charge is 0.296 e. The number of benzene rings is 1. The van der Waals surface area contributed by atoms with Crippen LogP contribution in [0.1, 0.15) is 11.1 Å². The fraction of sp³-hybridized carbons (Fsp3) is 0.167. The highest BCUT2D eigenvalue weighted by Gasteiger charge is 2.02. The highest BCUT2D eigenvalue weighted by Crippen LogP contribution is 2.10. The second-order valence-electron chi connectivity index (χ2n) is 3.81. The molecule has 0 aliphatic carbocycles. The van der Waals surface area contributed by atoms with Gasteiger partial charge >= 0.3 is 5.69 Å². The van der Waals surface area contributed by atoms with Gasteiger partial charge in [-0.1, -0.05) is 6.07 Å². The number of halogens is 1. The van der Waals surface area contributed by atoms with E-state index in [-0.39, 0.29) is 5.82 Å². The second-order valence-corrected chi connectivity index (χ2v) is 3.81. The molecule has 0 bridgehead atoms. The minimum absolute atomic E-state index is 0.305. The molecule has 1 N–H and O–H groups in total. The first-order chi connectivity index (χ1) is 8.06. The Morgan fingerprint density at radius 1 is 1.29 bits per heavy atom. The quantitative estimate of drug-likeness (QED) is 0.843. The first-order valence-electron chi connectivity index (χ1n) is 5.11. The van der Waals surface area contributed by atoms with Gasteiger partial charge in [-0.2, -0.15) is 0 Å². The van der Waals surface area contributed by atoms with Gasteiger partial charge in [0.1, 0.15) is 5.82 Å². The summed E-state index contributed by atoms with van der Waals surface area (Å²) < 4.78 is 14.3. The molecule has 2 aromatic rings. The molecule has 0 aliphatic rings. The molecular weight excluding hydrogens is 223 g/mol. The van der Waals surface area contributed by atoms with Gasteiger partial charge in [-0.05, 0) is 30.2 Å². The minimum Gasteiger partial charge on any atom is -0.296 e. The van der Waals surface area contributed by atoms with E-state index in [0.29, 0.717) is 6.54 Å². The maximum Gasteiger partial charge on any atom is 0.328 e. The van der Waals surface area contributed by atoms with E-state index in [4.69, 9.17) is 0 Å². The molecular formula is C12H11FN2O2. The average Bonchev–Trinajstić information content (AvgIpc) is 2.25. The third-order valence-corrected chi connectivity index (χ3v) is 2.54. The molecule has 2 rings (SSSR count). The lowest BCUT2D eigenvalue weighted by Gasteiger charge is -2.07. The topological polar surface area (TPSA) is 54.9 Å². The van der Waals surface area contributed by atoms with E-state index in [1.165, 1.54) is 29.0 Å². The van der Waals surface area contributed by atoms with Gasteiger partial charge in [0.05, 0.1) is 6.54 Å². The molecule has 0 saturated heterocycles. The van der Waals surface area contributed by atoms with Gasteiger partial charge in [-0.15, -0.1) is 0 Å². The molecule has 1 aromatic carbocycles. The Kier molecular flexibility index (Phi) is 2.91. The summed E-state index contributed by atoms with van der Waals surface area (Å²) >= 11 is 0. The molecule has 17 heavy (non-hydrogen) atoms. The zero-order valence-corrected chi connectivity index (χ0v) is 9.24. The highest BCUT2D eigenvalue weighted by atomic mass is 19.1. The number of aryl methyl sites for hydroxylation is 1. The second kappa shape index (κ2) is 4.37. The molecule has 0 aliphatic heterocycles. The summed E-state index contributed by atoms with van der Waals surface area (Å²) in [6.45, 7) is 2.08. The predicted octanol–water partition coefficient (Wildman–Crippen LogP) is 1.03. The molecule has 0 radical (unpaired) electrons. The first-order valence-corrected chi connectivity index (χ1v) is 5.11. The zero-order valence-electron chi connectivity index (χ0n) is 9.24. The van der Waals surface area contributed by atoms with Crippen LogP contribution in [0.4, 0.5) is 4.39 Å². The van der Waals surface area contributed by atoms with Crippen molar-refractivity contribution in [3.63, 3.8) is 0 Å². The van der Waals surface area contributed by atoms with Crippen molar-refractivity contribution in [3.05, 3.63) is 68.2 Å². The van der Waals surface area contributed by atoms with Crippen LogP contribution >= 0.6 is 0 Å². The number of H-pyrrole nitrogens is 1. The third-order valence-electron chi connectivity index (χ3n) is 2.54. The summed E-state index contributed by atoms with van der Waals surface area (Å²) in [4.78, 5) is 24.5. The molecule has 0 amide bonds. The molecule has 1 heterocycles. The standard InChI is InChI=1S/C12H11FN2O2/c1-8-6-10(13)3-2-9(8)7-15-5-4-11(16)14-12(15)17/h2-6H,7H2,1H3,(H,14,16,17). The maximum absolute atomic E-state index is 12.9. The monoisotopic (exact) mass is 234 g/mol. The Bertz CT molecular complexity index is 658. The van der Waals surface area contributed by atoms with Crippen LogP contribution in [0.3, 0.4) is 0 Å². The number of hydrogen-bond donors (Lipinski definition) is 1. The summed E-state index contributed by atoms with van der Waals surface area (Å²) in [5, 5.41) is 0. The number of nitrogens with zero attached hydrogens (tertiary/aromatic N) is 1. The first kappa shape index (κ1) is 11.3. The summed E-state index contributed by atoms with van der Waals surface area (Å²) in [7, 11) is 0. The Morgan fingerprint density at radius 3 is 2.71 bits per heavy atom. The highest BCUT2D eigenvalue weighted by molar-refractivity contribution is 5.26. The van der Waals surface area contributed by atoms with Crippen LogP contribution in [-0.2, 0) is 6.54 Å². The molecule has 0 unspecified atom stereocenters. The van der Waals surface area contributed by atoms with E-state index in [1.807, 2.05) is 0 Å². The van der Waals surface area contributed by atoms with Crippen molar-refractivity contribution in [1.29, 1.82) is 0 Å². The van der Waals surface area contributed by atoms with E-state index in [1.54, 1.807) is 13.0 Å². The van der Waals surface area contributed by atoms with Crippen molar-refractivity contribution >= 4 is 0 Å². The third kappa shape index (κ3) is 2.50. The van der Waals surface area contributed by atoms with E-state index in [0.717, 1.165) is 11.1 Å². The van der Waals surface area contributed by atoms with Gasteiger partial charge in [-0.25, -0.2) is 9.18 Å². The number of aromatic amines is 1. The van der Waals surface area contributed by atoms with Crippen molar-refractivity contribution in [3.8, 4) is 0 Å². The fourth-order valence-electron chi connectivity index (χ4n) is 1.59. The Morgan fingerprint density at radius 2 is 2.06 bits per heavy atom. The van der Waals surface area contributed by atoms with Crippen LogP contribution in [0.25, 0.3) is 0 Å². The summed E-state index contributed by atoms with van der Waals surface area (Å²) in [6.07, 6.45) is 1.42. The number of aromatic nitrogens is 2. The van der Waals surface area contributed by atoms with Gasteiger partial charge in [0.15, 0.2) is 0 Å². The van der Waals surface area contributed by atoms with E-state index in [9.17, 15) is 14.0 Å². The lowest BCUT2D eigenvalue weighted by Crippen LogP contribution is -2.29. The predicted molar refractivity (Wildman–Crippen MR) is 61.6 cm³/mol. The van der Waals surface area contributed by atoms with E-state index >= 15 is 0 Å². The van der Waals surface area contributed by atoms with Crippen LogP contribution in [-0.4, -0.2) is 9.55 Å². The van der Waals surface area contributed by atoms with E-state index in [2.05, 4.69) is 4.98 Å². The molecule has 0 saturated carbocycles. The van der Waals surface area contributed by atoms with Gasteiger partial charge < -0.3 is 0 Å². The van der Waals surface area contributed by atoms with Crippen LogP contribution in [0.15, 0.2) is 40.1 Å². The molecule has 0 fully saturated rings. The molecule has 88 valence electrons. The minimum atomic E-state index is -0.471. The number of nitrogens with one attached hydrogen (secondary N) is 1. The van der Waals surface area contributed by atoms with Crippen LogP contribution in [0.5, 0.6) is 0 Å². The Hall–Kier alpha value is -2.17. The lowest BCUT2D eigenvalue weighted by molar-refractivity contribution is 0.624. The Balaban J connectivity index is 2.38. The molecule has 1 aromatic heterocycles. The fourth-order valence-corrected chi connectivity index (χ4v) is 1.59. The van der Waals surface area contributed by atoms with Gasteiger partial charge in [0.2, 0.25) is 0 Å².